The van der Waals surface area contributed by atoms with Crippen LogP contribution in [0.25, 0.3) is 0 Å². The quantitative estimate of drug-likeness (QED) is 0.623. The topological polar surface area (TPSA) is 38.1 Å². The summed E-state index contributed by atoms with van der Waals surface area (Å²) >= 11 is 1.44. The predicted molar refractivity (Wildman–Crippen MR) is 52.1 cm³/mol. The molecule has 1 aromatic rings. The van der Waals surface area contributed by atoms with Crippen LogP contribution in [0.4, 0.5) is 0 Å². The van der Waals surface area contributed by atoms with E-state index in [1.807, 2.05) is 0 Å². The number of rotatable bonds is 1. The molecule has 66 valence electrons. The first-order valence-electron chi connectivity index (χ1n) is 3.80. The van der Waals surface area contributed by atoms with Crippen LogP contribution in [0.15, 0.2) is 4.99 Å². The van der Waals surface area contributed by atoms with Gasteiger partial charge in [-0.15, -0.1) is 0 Å². The average molecular weight is 183 g/mol. The normalized spacial score (nSPS) is 12.7. The standard InChI is InChI=1S/C8H13N3S/c1-8(2,3)7-10-6(5-9-4)11-12-7/h5H,1-4H3. The van der Waals surface area contributed by atoms with Crippen LogP contribution in [0, 0.1) is 0 Å². The fourth-order valence-electron chi connectivity index (χ4n) is 0.707. The van der Waals surface area contributed by atoms with Crippen molar-refractivity contribution < 1.29 is 0 Å². The molecule has 0 aliphatic heterocycles. The lowest BCUT2D eigenvalue weighted by Crippen LogP contribution is -2.10. The first-order chi connectivity index (χ1) is 5.54. The van der Waals surface area contributed by atoms with Gasteiger partial charge in [0.25, 0.3) is 0 Å². The van der Waals surface area contributed by atoms with Crippen LogP contribution < -0.4 is 0 Å². The van der Waals surface area contributed by atoms with Crippen molar-refractivity contribution in [1.29, 1.82) is 0 Å². The molecule has 1 heterocycles. The Morgan fingerprint density at radius 1 is 1.42 bits per heavy atom. The first kappa shape index (κ1) is 9.32. The maximum Gasteiger partial charge on any atom is 0.183 e. The van der Waals surface area contributed by atoms with E-state index in [1.165, 1.54) is 11.5 Å². The number of hydrogen-bond acceptors (Lipinski definition) is 4. The zero-order valence-electron chi connectivity index (χ0n) is 7.83. The predicted octanol–water partition coefficient (Wildman–Crippen LogP) is 1.88. The highest BCUT2D eigenvalue weighted by Crippen LogP contribution is 2.22. The molecule has 0 N–H and O–H groups in total. The third-order valence-electron chi connectivity index (χ3n) is 1.33. The maximum absolute atomic E-state index is 4.33. The summed E-state index contributed by atoms with van der Waals surface area (Å²) in [6.45, 7) is 6.38. The lowest BCUT2D eigenvalue weighted by molar-refractivity contribution is 0.585. The Kier molecular flexibility index (Phi) is 2.57. The summed E-state index contributed by atoms with van der Waals surface area (Å²) in [7, 11) is 1.72. The van der Waals surface area contributed by atoms with E-state index in [9.17, 15) is 0 Å². The van der Waals surface area contributed by atoms with Gasteiger partial charge in [0.05, 0.1) is 6.21 Å². The summed E-state index contributed by atoms with van der Waals surface area (Å²) in [4.78, 5) is 8.19. The average Bonchev–Trinajstić information content (AvgIpc) is 2.35. The summed E-state index contributed by atoms with van der Waals surface area (Å²) in [5, 5.41) is 1.05. The van der Waals surface area contributed by atoms with Gasteiger partial charge >= 0.3 is 0 Å². The van der Waals surface area contributed by atoms with Gasteiger partial charge in [0.1, 0.15) is 5.01 Å². The third kappa shape index (κ3) is 2.11. The van der Waals surface area contributed by atoms with E-state index in [1.54, 1.807) is 13.3 Å². The Morgan fingerprint density at radius 2 is 2.08 bits per heavy atom. The first-order valence-corrected chi connectivity index (χ1v) is 4.58. The molecule has 0 radical (unpaired) electrons. The van der Waals surface area contributed by atoms with Crippen LogP contribution in [0.5, 0.6) is 0 Å². The SMILES string of the molecule is CN=Cc1nsc(C(C)(C)C)n1. The lowest BCUT2D eigenvalue weighted by atomic mass is 9.98. The van der Waals surface area contributed by atoms with E-state index in [-0.39, 0.29) is 5.41 Å². The molecule has 4 heteroatoms. The number of nitrogens with zero attached hydrogens (tertiary/aromatic N) is 3. The van der Waals surface area contributed by atoms with Crippen molar-refractivity contribution in [3.05, 3.63) is 10.8 Å². The monoisotopic (exact) mass is 183 g/mol. The zero-order chi connectivity index (χ0) is 9.19. The molecule has 1 aromatic heterocycles. The fourth-order valence-corrected chi connectivity index (χ4v) is 1.38. The van der Waals surface area contributed by atoms with Gasteiger partial charge in [-0.2, -0.15) is 4.37 Å². The molecule has 0 saturated carbocycles. The molecule has 0 bridgehead atoms. The van der Waals surface area contributed by atoms with Crippen LogP contribution in [0.3, 0.4) is 0 Å². The van der Waals surface area contributed by atoms with E-state index in [0.29, 0.717) is 5.82 Å². The zero-order valence-corrected chi connectivity index (χ0v) is 8.64. The van der Waals surface area contributed by atoms with E-state index < -0.39 is 0 Å². The Balaban J connectivity index is 2.92. The molecule has 0 spiro atoms. The summed E-state index contributed by atoms with van der Waals surface area (Å²) in [6.07, 6.45) is 1.67. The van der Waals surface area contributed by atoms with Crippen LogP contribution in [0.1, 0.15) is 31.6 Å². The van der Waals surface area contributed by atoms with Crippen molar-refractivity contribution in [1.82, 2.24) is 9.36 Å². The summed E-state index contributed by atoms with van der Waals surface area (Å²) in [5.74, 6) is 0.715. The molecule has 0 fully saturated rings. The summed E-state index contributed by atoms with van der Waals surface area (Å²) in [6, 6.07) is 0. The van der Waals surface area contributed by atoms with Crippen molar-refractivity contribution in [2.24, 2.45) is 4.99 Å². The molecule has 0 unspecified atom stereocenters. The molecule has 0 aromatic carbocycles. The largest absolute Gasteiger partial charge is 0.293 e. The van der Waals surface area contributed by atoms with Crippen LogP contribution in [-0.4, -0.2) is 22.6 Å². The van der Waals surface area contributed by atoms with Gasteiger partial charge in [-0.25, -0.2) is 4.98 Å². The van der Waals surface area contributed by atoms with Crippen LogP contribution in [-0.2, 0) is 5.41 Å². The van der Waals surface area contributed by atoms with E-state index in [0.717, 1.165) is 5.01 Å². The fraction of sp³-hybridized carbons (Fsp3) is 0.625. The van der Waals surface area contributed by atoms with E-state index in [4.69, 9.17) is 0 Å². The van der Waals surface area contributed by atoms with Crippen molar-refractivity contribution in [2.45, 2.75) is 26.2 Å². The van der Waals surface area contributed by atoms with Gasteiger partial charge in [-0.05, 0) is 11.5 Å². The molecule has 12 heavy (non-hydrogen) atoms. The molecule has 0 amide bonds. The van der Waals surface area contributed by atoms with E-state index in [2.05, 4.69) is 35.1 Å². The molecule has 0 aliphatic rings. The summed E-state index contributed by atoms with van der Waals surface area (Å²) in [5.41, 5.74) is 0.0947. The van der Waals surface area contributed by atoms with E-state index >= 15 is 0 Å². The van der Waals surface area contributed by atoms with Gasteiger partial charge in [0.15, 0.2) is 5.82 Å². The maximum atomic E-state index is 4.33. The van der Waals surface area contributed by atoms with Crippen LogP contribution in [0.2, 0.25) is 0 Å². The molecule has 1 rings (SSSR count). The van der Waals surface area contributed by atoms with Gasteiger partial charge in [-0.1, -0.05) is 20.8 Å². The van der Waals surface area contributed by atoms with Gasteiger partial charge in [-0.3, -0.25) is 4.99 Å². The minimum absolute atomic E-state index is 0.0947. The van der Waals surface area contributed by atoms with Gasteiger partial charge in [0, 0.05) is 12.5 Å². The number of aliphatic imine (C=N–C) groups is 1. The Hall–Kier alpha value is -0.770. The molecule has 3 nitrogen and oxygen atoms in total. The highest BCUT2D eigenvalue weighted by Gasteiger charge is 2.18. The Labute approximate surface area is 76.7 Å². The van der Waals surface area contributed by atoms with Crippen LogP contribution >= 0.6 is 11.5 Å². The van der Waals surface area contributed by atoms with Gasteiger partial charge in [0.2, 0.25) is 0 Å². The van der Waals surface area contributed by atoms with Crippen molar-refractivity contribution in [3.8, 4) is 0 Å². The minimum Gasteiger partial charge on any atom is -0.293 e. The molecule has 0 saturated heterocycles. The van der Waals surface area contributed by atoms with Crippen molar-refractivity contribution >= 4 is 17.7 Å². The molecule has 0 atom stereocenters. The van der Waals surface area contributed by atoms with Gasteiger partial charge < -0.3 is 0 Å². The Bertz CT molecular complexity index is 283. The highest BCUT2D eigenvalue weighted by molar-refractivity contribution is 7.05. The molecule has 0 aliphatic carbocycles. The van der Waals surface area contributed by atoms with Crippen molar-refractivity contribution in [3.63, 3.8) is 0 Å². The second kappa shape index (κ2) is 3.31. The highest BCUT2D eigenvalue weighted by atomic mass is 32.1. The lowest BCUT2D eigenvalue weighted by Gasteiger charge is -2.12. The summed E-state index contributed by atoms with van der Waals surface area (Å²) < 4.78 is 4.15. The minimum atomic E-state index is 0.0947. The molecular formula is C8H13N3S. The number of hydrogen-bond donors (Lipinski definition) is 0. The number of aromatic nitrogens is 2. The third-order valence-corrected chi connectivity index (χ3v) is 2.48. The van der Waals surface area contributed by atoms with Crippen molar-refractivity contribution in [2.75, 3.05) is 7.05 Å². The molecular weight excluding hydrogens is 170 g/mol. The second-order valence-electron chi connectivity index (χ2n) is 3.60. The smallest absolute Gasteiger partial charge is 0.183 e. The Morgan fingerprint density at radius 3 is 2.50 bits per heavy atom. The second-order valence-corrected chi connectivity index (χ2v) is 4.35.